The summed E-state index contributed by atoms with van der Waals surface area (Å²) in [5.74, 6) is 1.26. The predicted molar refractivity (Wildman–Crippen MR) is 98.1 cm³/mol. The van der Waals surface area contributed by atoms with E-state index in [2.05, 4.69) is 15.5 Å². The molecule has 8 heteroatoms. The minimum Gasteiger partial charge on any atom is -0.497 e. The first-order valence-electron chi connectivity index (χ1n) is 8.19. The summed E-state index contributed by atoms with van der Waals surface area (Å²) < 4.78 is 12.7. The van der Waals surface area contributed by atoms with E-state index in [1.807, 2.05) is 38.1 Å². The fraction of sp³-hybridized carbons (Fsp3) is 0.471. The molecule has 1 aromatic heterocycles. The largest absolute Gasteiger partial charge is 0.497 e. The van der Waals surface area contributed by atoms with Gasteiger partial charge in [0.1, 0.15) is 12.3 Å². The van der Waals surface area contributed by atoms with E-state index in [1.165, 1.54) is 0 Å². The number of H-pyrrole nitrogens is 1. The van der Waals surface area contributed by atoms with Gasteiger partial charge in [0.15, 0.2) is 10.6 Å². The third kappa shape index (κ3) is 5.68. The summed E-state index contributed by atoms with van der Waals surface area (Å²) in [6, 6.07) is 7.43. The topological polar surface area (TPSA) is 81.2 Å². The van der Waals surface area contributed by atoms with Gasteiger partial charge in [0.2, 0.25) is 5.91 Å². The summed E-state index contributed by atoms with van der Waals surface area (Å²) >= 11 is 5.24. The van der Waals surface area contributed by atoms with Gasteiger partial charge in [-0.25, -0.2) is 0 Å². The second kappa shape index (κ2) is 9.33. The highest BCUT2D eigenvalue weighted by Crippen LogP contribution is 2.20. The number of benzene rings is 1. The first-order valence-corrected chi connectivity index (χ1v) is 8.60. The Hall–Kier alpha value is -2.19. The highest BCUT2D eigenvalue weighted by Gasteiger charge is 2.12. The molecule has 1 heterocycles. The van der Waals surface area contributed by atoms with E-state index >= 15 is 0 Å². The smallest absolute Gasteiger partial charge is 0.240 e. The fourth-order valence-electron chi connectivity index (χ4n) is 2.24. The highest BCUT2D eigenvalue weighted by molar-refractivity contribution is 7.71. The Morgan fingerprint density at radius 3 is 2.72 bits per heavy atom. The first-order chi connectivity index (χ1) is 12.0. The highest BCUT2D eigenvalue weighted by atomic mass is 32.1. The lowest BCUT2D eigenvalue weighted by Gasteiger charge is -2.10. The Morgan fingerprint density at radius 2 is 2.08 bits per heavy atom. The van der Waals surface area contributed by atoms with Gasteiger partial charge in [-0.3, -0.25) is 14.5 Å². The van der Waals surface area contributed by atoms with Gasteiger partial charge in [-0.1, -0.05) is 0 Å². The van der Waals surface area contributed by atoms with Crippen LogP contribution in [-0.4, -0.2) is 47.0 Å². The summed E-state index contributed by atoms with van der Waals surface area (Å²) in [7, 11) is 1.61. The molecule has 0 unspecified atom stereocenters. The average molecular weight is 364 g/mol. The van der Waals surface area contributed by atoms with Crippen molar-refractivity contribution in [2.75, 3.05) is 20.3 Å². The maximum Gasteiger partial charge on any atom is 0.240 e. The molecule has 2 N–H and O–H groups in total. The van der Waals surface area contributed by atoms with E-state index in [0.717, 1.165) is 17.7 Å². The van der Waals surface area contributed by atoms with E-state index in [1.54, 1.807) is 11.7 Å². The number of hydrogen-bond donors (Lipinski definition) is 2. The quantitative estimate of drug-likeness (QED) is 0.528. The SMILES string of the molecule is COc1ccc(-c2n[nH]c(=S)n2CC(=O)NCCCOC(C)C)cc1. The van der Waals surface area contributed by atoms with E-state index in [0.29, 0.717) is 23.7 Å². The summed E-state index contributed by atoms with van der Waals surface area (Å²) in [4.78, 5) is 12.2. The number of methoxy groups -OCH3 is 1. The number of aromatic nitrogens is 3. The molecule has 1 aromatic carbocycles. The molecular weight excluding hydrogens is 340 g/mol. The van der Waals surface area contributed by atoms with E-state index < -0.39 is 0 Å². The van der Waals surface area contributed by atoms with Crippen molar-refractivity contribution in [2.45, 2.75) is 32.9 Å². The third-order valence-electron chi connectivity index (χ3n) is 3.50. The number of ether oxygens (including phenoxy) is 2. The fourth-order valence-corrected chi connectivity index (χ4v) is 2.44. The predicted octanol–water partition coefficient (Wildman–Crippen LogP) is 2.55. The number of nitrogens with zero attached hydrogens (tertiary/aromatic N) is 2. The van der Waals surface area contributed by atoms with Crippen LogP contribution in [0.5, 0.6) is 5.75 Å². The molecule has 0 saturated carbocycles. The van der Waals surface area contributed by atoms with Crippen molar-refractivity contribution in [3.8, 4) is 17.1 Å². The minimum atomic E-state index is -0.114. The summed E-state index contributed by atoms with van der Waals surface area (Å²) in [6.07, 6.45) is 0.971. The second-order valence-electron chi connectivity index (χ2n) is 5.79. The molecule has 0 fully saturated rings. The molecule has 0 saturated heterocycles. The number of carbonyl (C=O) groups excluding carboxylic acids is 1. The summed E-state index contributed by atoms with van der Waals surface area (Å²) in [5, 5.41) is 9.84. The van der Waals surface area contributed by atoms with Crippen LogP contribution in [0.15, 0.2) is 24.3 Å². The molecule has 1 amide bonds. The average Bonchev–Trinajstić information content (AvgIpc) is 2.95. The molecule has 0 aliphatic heterocycles. The van der Waals surface area contributed by atoms with Crippen molar-refractivity contribution in [1.29, 1.82) is 0 Å². The van der Waals surface area contributed by atoms with Gasteiger partial charge < -0.3 is 14.8 Å². The summed E-state index contributed by atoms with van der Waals surface area (Å²) in [6.45, 7) is 5.27. The Labute approximate surface area is 152 Å². The zero-order valence-electron chi connectivity index (χ0n) is 14.7. The Kier molecular flexibility index (Phi) is 7.15. The molecule has 0 bridgehead atoms. The van der Waals surface area contributed by atoms with Crippen LogP contribution in [0.4, 0.5) is 0 Å². The van der Waals surface area contributed by atoms with E-state index in [-0.39, 0.29) is 18.6 Å². The van der Waals surface area contributed by atoms with Crippen LogP contribution in [-0.2, 0) is 16.1 Å². The monoisotopic (exact) mass is 364 g/mol. The lowest BCUT2D eigenvalue weighted by atomic mass is 10.2. The van der Waals surface area contributed by atoms with E-state index in [4.69, 9.17) is 21.7 Å². The van der Waals surface area contributed by atoms with Crippen molar-refractivity contribution in [3.63, 3.8) is 0 Å². The summed E-state index contributed by atoms with van der Waals surface area (Å²) in [5.41, 5.74) is 0.853. The molecule has 2 aromatic rings. The number of rotatable bonds is 9. The Bertz CT molecular complexity index is 737. The molecule has 2 rings (SSSR count). The molecule has 0 aliphatic rings. The molecule has 0 aliphatic carbocycles. The van der Waals surface area contributed by atoms with Gasteiger partial charge >= 0.3 is 0 Å². The van der Waals surface area contributed by atoms with Crippen LogP contribution >= 0.6 is 12.2 Å². The van der Waals surface area contributed by atoms with Gasteiger partial charge in [0.25, 0.3) is 0 Å². The molecule has 0 radical (unpaired) electrons. The Morgan fingerprint density at radius 1 is 1.36 bits per heavy atom. The Balaban J connectivity index is 1.96. The van der Waals surface area contributed by atoms with Gasteiger partial charge in [0.05, 0.1) is 13.2 Å². The zero-order valence-corrected chi connectivity index (χ0v) is 15.6. The zero-order chi connectivity index (χ0) is 18.2. The second-order valence-corrected chi connectivity index (χ2v) is 6.18. The van der Waals surface area contributed by atoms with Crippen LogP contribution in [0.3, 0.4) is 0 Å². The van der Waals surface area contributed by atoms with Crippen LogP contribution in [0.25, 0.3) is 11.4 Å². The van der Waals surface area contributed by atoms with Crippen molar-refractivity contribution >= 4 is 18.1 Å². The number of hydrogen-bond acceptors (Lipinski definition) is 5. The molecule has 25 heavy (non-hydrogen) atoms. The minimum absolute atomic E-state index is 0.113. The van der Waals surface area contributed by atoms with E-state index in [9.17, 15) is 4.79 Å². The third-order valence-corrected chi connectivity index (χ3v) is 3.81. The van der Waals surface area contributed by atoms with Gasteiger partial charge in [-0.05, 0) is 56.8 Å². The van der Waals surface area contributed by atoms with Gasteiger partial charge in [-0.15, -0.1) is 0 Å². The van der Waals surface area contributed by atoms with Crippen LogP contribution in [0, 0.1) is 4.77 Å². The molecule has 0 spiro atoms. The van der Waals surface area contributed by atoms with Gasteiger partial charge in [-0.2, -0.15) is 5.10 Å². The van der Waals surface area contributed by atoms with Crippen molar-refractivity contribution < 1.29 is 14.3 Å². The number of carbonyl (C=O) groups is 1. The normalized spacial score (nSPS) is 10.9. The lowest BCUT2D eigenvalue weighted by molar-refractivity contribution is -0.121. The van der Waals surface area contributed by atoms with Gasteiger partial charge in [0, 0.05) is 18.7 Å². The van der Waals surface area contributed by atoms with Crippen molar-refractivity contribution in [3.05, 3.63) is 29.0 Å². The number of aromatic amines is 1. The van der Waals surface area contributed by atoms with Crippen molar-refractivity contribution in [2.24, 2.45) is 0 Å². The molecular formula is C17H24N4O3S. The molecule has 7 nitrogen and oxygen atoms in total. The van der Waals surface area contributed by atoms with Crippen LogP contribution in [0.2, 0.25) is 0 Å². The molecule has 0 atom stereocenters. The van der Waals surface area contributed by atoms with Crippen LogP contribution in [0.1, 0.15) is 20.3 Å². The maximum absolute atomic E-state index is 12.2. The number of amides is 1. The van der Waals surface area contributed by atoms with Crippen molar-refractivity contribution in [1.82, 2.24) is 20.1 Å². The standard InChI is InChI=1S/C17H24N4O3S/c1-12(2)24-10-4-9-18-15(22)11-21-16(19-20-17(21)25)13-5-7-14(23-3)8-6-13/h5-8,12H,4,9-11H2,1-3H3,(H,18,22)(H,20,25). The maximum atomic E-state index is 12.2. The first kappa shape index (κ1) is 19.1. The van der Waals surface area contributed by atoms with Crippen LogP contribution < -0.4 is 10.1 Å². The lowest BCUT2D eigenvalue weighted by Crippen LogP contribution is -2.29. The molecule has 136 valence electrons. The number of nitrogens with one attached hydrogen (secondary N) is 2.